The molecule has 6 heterocycles. The number of nitrogens with one attached hydrogen (secondary N) is 8. The van der Waals surface area contributed by atoms with Crippen LogP contribution in [-0.4, -0.2) is 163 Å². The number of carbonyl (C=O) groups is 6. The number of aliphatic hydroxyl groups is 1. The summed E-state index contributed by atoms with van der Waals surface area (Å²) in [4.78, 5) is 89.2. The predicted octanol–water partition coefficient (Wildman–Crippen LogP) is 19.1. The third kappa shape index (κ3) is 27.7. The van der Waals surface area contributed by atoms with E-state index in [1.165, 1.54) is 0 Å². The number of aromatic amines is 3. The van der Waals surface area contributed by atoms with Crippen molar-refractivity contribution in [3.05, 3.63) is 290 Å². The maximum atomic E-state index is 13.8. The summed E-state index contributed by atoms with van der Waals surface area (Å²) in [6.45, 7) is 15.3. The second-order valence-corrected chi connectivity index (χ2v) is 42.7. The van der Waals surface area contributed by atoms with Crippen LogP contribution in [0.4, 0.5) is 4.79 Å². The molecule has 1 saturated carbocycles. The fourth-order valence-electron chi connectivity index (χ4n) is 17.6. The van der Waals surface area contributed by atoms with Gasteiger partial charge in [0.1, 0.15) is 46.6 Å². The maximum Gasteiger partial charge on any atom is 0.410 e. The fourth-order valence-corrected chi connectivity index (χ4v) is 21.5. The first-order valence-electron chi connectivity index (χ1n) is 46.3. The van der Waals surface area contributed by atoms with Crippen molar-refractivity contribution < 1.29 is 78.1 Å². The van der Waals surface area contributed by atoms with Crippen LogP contribution in [-0.2, 0) is 85.7 Å². The van der Waals surface area contributed by atoms with Gasteiger partial charge in [0.25, 0.3) is 23.6 Å². The molecule has 13 aromatic rings. The zero-order chi connectivity index (χ0) is 100. The van der Waals surface area contributed by atoms with Gasteiger partial charge in [0, 0.05) is 116 Å². The molecule has 0 atom stereocenters. The van der Waals surface area contributed by atoms with Gasteiger partial charge in [-0.15, -0.1) is 0 Å². The van der Waals surface area contributed by atoms with Gasteiger partial charge >= 0.3 is 6.09 Å². The number of amides is 6. The molecule has 9 N–H and O–H groups in total. The van der Waals surface area contributed by atoms with Crippen LogP contribution in [0, 0.1) is 60.3 Å². The Balaban J connectivity index is 0.000000179. The number of aliphatic hydroxyl groups excluding tert-OH is 1. The number of ether oxygens (including phenoxy) is 4. The van der Waals surface area contributed by atoms with Crippen LogP contribution >= 0.6 is 58.0 Å². The molecule has 5 aromatic heterocycles. The number of para-hydroxylation sites is 1. The van der Waals surface area contributed by atoms with E-state index in [-0.39, 0.29) is 66.9 Å². The monoisotopic (exact) mass is 2060 g/mol. The smallest absolute Gasteiger partial charge is 0.410 e. The molecular weight excluding hydrogens is 1950 g/mol. The number of H-pyrrole nitrogens is 3. The molecule has 37 heteroatoms. The molecule has 1 aliphatic carbocycles. The van der Waals surface area contributed by atoms with Gasteiger partial charge in [-0.25, -0.2) is 44.2 Å². The van der Waals surface area contributed by atoms with Gasteiger partial charge in [0.15, 0.2) is 0 Å². The summed E-state index contributed by atoms with van der Waals surface area (Å²) in [5.41, 5.74) is 14.7. The second kappa shape index (κ2) is 48.1. The maximum absolute atomic E-state index is 13.8. The van der Waals surface area contributed by atoms with Crippen LogP contribution in [0.3, 0.4) is 0 Å². The molecule has 742 valence electrons. The highest BCUT2D eigenvalue weighted by atomic mass is 35.5. The van der Waals surface area contributed by atoms with E-state index in [9.17, 15) is 59.1 Å². The highest BCUT2D eigenvalue weighted by Crippen LogP contribution is 2.39. The van der Waals surface area contributed by atoms with Crippen molar-refractivity contribution in [1.29, 1.82) is 0 Å². The number of rotatable bonds is 37. The molecule has 0 bridgehead atoms. The minimum Gasteiger partial charge on any atom is -0.494 e. The van der Waals surface area contributed by atoms with E-state index in [0.29, 0.717) is 189 Å². The van der Waals surface area contributed by atoms with E-state index >= 15 is 0 Å². The topological polar surface area (TPSA) is 395 Å². The molecule has 15 rings (SSSR count). The fraction of sp³-hybridized carbons (Fsp3) is 0.350. The van der Waals surface area contributed by atoms with Crippen LogP contribution in [0.5, 0.6) is 17.2 Å². The molecule has 2 aliphatic rings. The number of likely N-dealkylation sites (tertiary alicyclic amines) is 1. The van der Waals surface area contributed by atoms with Gasteiger partial charge in [-0.05, 0) is 253 Å². The number of aryl methyl sites for hydroxylation is 10. The van der Waals surface area contributed by atoms with Crippen LogP contribution in [0.1, 0.15) is 179 Å². The van der Waals surface area contributed by atoms with Crippen LogP contribution in [0.25, 0.3) is 43.8 Å². The lowest BCUT2D eigenvalue weighted by Gasteiger charge is -2.31. The van der Waals surface area contributed by atoms with E-state index in [2.05, 4.69) is 44.9 Å². The quantitative estimate of drug-likeness (QED) is 0.0163. The van der Waals surface area contributed by atoms with Gasteiger partial charge in [-0.3, -0.25) is 28.7 Å². The summed E-state index contributed by atoms with van der Waals surface area (Å²) in [5.74, 6) is -2.20. The number of fused-ring (bicyclic) bond motifs is 3. The highest BCUT2D eigenvalue weighted by molar-refractivity contribution is 7.90. The lowest BCUT2D eigenvalue weighted by molar-refractivity contribution is -0.125. The number of carbonyl (C=O) groups excluding carboxylic acids is 6. The van der Waals surface area contributed by atoms with E-state index in [1.54, 1.807) is 69.9 Å². The number of sulfonamides is 3. The minimum absolute atomic E-state index is 0.0652. The average Bonchev–Trinajstić information content (AvgIpc) is 1.59. The normalized spacial score (nSPS) is 13.1. The summed E-state index contributed by atoms with van der Waals surface area (Å²) in [6.07, 6.45) is 10.0. The van der Waals surface area contributed by atoms with Gasteiger partial charge in [0.05, 0.1) is 59.9 Å². The summed E-state index contributed by atoms with van der Waals surface area (Å²) in [7, 11) is -10.3. The van der Waals surface area contributed by atoms with Gasteiger partial charge in [0.2, 0.25) is 36.0 Å². The lowest BCUT2D eigenvalue weighted by Crippen LogP contribution is -2.42. The van der Waals surface area contributed by atoms with Crippen molar-refractivity contribution in [2.45, 2.75) is 152 Å². The van der Waals surface area contributed by atoms with Gasteiger partial charge in [-0.1, -0.05) is 168 Å². The standard InChI is InChI=1S/C40H43ClN6O6S.C34H37Cl2N3O6S.C29H35Cl2N3O5S/c1-25-21-29(22-26(2)36(25)41)53-19-10-15-31-30-13-8-14-32(35-27(3)46(4)44-33(35)24-48)37(30)43-38(31)40(50)45-54(51,52)20-17-42-39(49)34-16-9-18-47(34)23-28-11-6-5-7-12-28;1-22-17-27(18-23(2)31(22)36)44-16-6-9-29-28-11-10-26(35)19-30(28)37-32(29)33(40)38-46(42,43)21-25-12-14-39(15-13-25)34(41)45-20-24-7-4-3-5-8-24;1-18-16-21(17-19(2)26(18)31)39-14-7-10-22-25-23(30)11-6-12-24(25)33-27(22)29(36)34-40(37,38)15-13-32-28(35)20-8-4-3-5-9-20/h5-9,11-14,16,18,21-22,43,48H,10,15,17,19-20,23-24H2,1-4H3,(H,42,49)(H,45,50);3-5,7-8,10-11,17-19,25,37H,6,9,12-16,20-21H2,1-2H3,(H,38,40);6,11-12,16-17,20,33H,3-5,7-10,13-15H2,1-2H3,(H,32,35)(H,34,36). The largest absolute Gasteiger partial charge is 0.494 e. The average molecular weight is 2070 g/mol. The lowest BCUT2D eigenvalue weighted by atomic mass is 9.89. The molecule has 6 amide bonds. The Labute approximate surface area is 839 Å². The van der Waals surface area contributed by atoms with Crippen LogP contribution in [0.2, 0.25) is 25.1 Å². The van der Waals surface area contributed by atoms with Crippen LogP contribution in [0.15, 0.2) is 170 Å². The highest BCUT2D eigenvalue weighted by Gasteiger charge is 2.33. The van der Waals surface area contributed by atoms with Crippen molar-refractivity contribution in [2.75, 3.05) is 63.3 Å². The van der Waals surface area contributed by atoms with Crippen molar-refractivity contribution in [2.24, 2.45) is 18.9 Å². The zero-order valence-corrected chi connectivity index (χ0v) is 85.3. The molecule has 2 fully saturated rings. The molecule has 0 unspecified atom stereocenters. The number of aromatic nitrogens is 6. The summed E-state index contributed by atoms with van der Waals surface area (Å²) in [6, 6.07) is 49.9. The zero-order valence-electron chi connectivity index (χ0n) is 79.1. The summed E-state index contributed by atoms with van der Waals surface area (Å²) >= 11 is 31.5. The van der Waals surface area contributed by atoms with Crippen molar-refractivity contribution in [3.63, 3.8) is 0 Å². The molecule has 1 saturated heterocycles. The molecule has 8 aromatic carbocycles. The van der Waals surface area contributed by atoms with Gasteiger partial charge in [-0.2, -0.15) is 5.10 Å². The third-order valence-corrected chi connectivity index (χ3v) is 31.0. The third-order valence-electron chi connectivity index (χ3n) is 24.8. The Hall–Kier alpha value is -11.9. The Kier molecular flexibility index (Phi) is 36.2. The van der Waals surface area contributed by atoms with Crippen molar-refractivity contribution in [3.8, 4) is 28.4 Å². The first-order valence-corrected chi connectivity index (χ1v) is 53.2. The minimum atomic E-state index is -4.18. The Morgan fingerprint density at radius 1 is 0.500 bits per heavy atom. The summed E-state index contributed by atoms with van der Waals surface area (Å²) < 4.78 is 112. The first-order chi connectivity index (χ1) is 66.9. The van der Waals surface area contributed by atoms with Gasteiger partial charge < -0.3 is 59.1 Å². The van der Waals surface area contributed by atoms with E-state index in [1.807, 2.05) is 170 Å². The predicted molar refractivity (Wildman–Crippen MR) is 549 cm³/mol. The molecule has 140 heavy (non-hydrogen) atoms. The van der Waals surface area contributed by atoms with Crippen LogP contribution < -0.4 is 39.0 Å². The number of piperidine rings is 1. The Bertz CT molecular complexity index is 6980. The number of hydrogen-bond acceptors (Lipinski definition) is 18. The molecular formula is C103H115Cl5N12O17S3. The van der Waals surface area contributed by atoms with E-state index < -0.39 is 71.3 Å². The molecule has 29 nitrogen and oxygen atoms in total. The number of benzene rings is 8. The van der Waals surface area contributed by atoms with E-state index in [4.69, 9.17) is 77.0 Å². The Morgan fingerprint density at radius 3 is 1.54 bits per heavy atom. The van der Waals surface area contributed by atoms with Crippen molar-refractivity contribution >= 4 is 156 Å². The molecule has 0 spiro atoms. The SMILES string of the molecule is Cc1cc(OCCCc2c(C(=O)NS(=O)(=O)CC3CCN(C(=O)OCc4ccccc4)CC3)[nH]c3cc(Cl)ccc23)cc(C)c1Cl.Cc1cc(OCCCc2c(C(=O)NS(=O)(=O)CCNC(=O)C3CCCCC3)[nH]c3cccc(Cl)c23)cc(C)c1Cl.Cc1cc(OCCCc2c(C(=O)NS(=O)(=O)CCNC(=O)c3cccn3Cc3ccccc3)[nH]c3c(-c4c(CO)nn(C)c4C)cccc23)cc(C)c1Cl. The summed E-state index contributed by atoms with van der Waals surface area (Å²) in [5, 5.41) is 25.2. The number of halogens is 5. The van der Waals surface area contributed by atoms with E-state index in [0.717, 1.165) is 98.6 Å². The second-order valence-electron chi connectivity index (χ2n) is 35.2. The number of nitrogens with zero attached hydrogens (tertiary/aromatic N) is 4. The number of hydrogen-bond donors (Lipinski definition) is 9. The molecule has 0 radical (unpaired) electrons. The first kappa shape index (κ1) is 105. The van der Waals surface area contributed by atoms with Crippen molar-refractivity contribution in [1.82, 2.24) is 59.0 Å². The Morgan fingerprint density at radius 2 is 0.993 bits per heavy atom. The molecule has 1 aliphatic heterocycles.